The van der Waals surface area contributed by atoms with Crippen LogP contribution in [0.5, 0.6) is 0 Å². The molecule has 2 atom stereocenters. The lowest BCUT2D eigenvalue weighted by Crippen LogP contribution is -2.46. The molecule has 96 valence electrons. The third kappa shape index (κ3) is 3.58. The normalized spacial score (nSPS) is 18.3. The van der Waals surface area contributed by atoms with E-state index in [0.717, 1.165) is 18.4 Å². The summed E-state index contributed by atoms with van der Waals surface area (Å²) in [6.07, 6.45) is 2.46. The largest absolute Gasteiger partial charge is 0.480 e. The summed E-state index contributed by atoms with van der Waals surface area (Å²) in [7, 11) is 0. The third-order valence-corrected chi connectivity index (χ3v) is 3.05. The number of hydrogen-bond acceptors (Lipinski definition) is 2. The molecule has 1 rings (SSSR count). The maximum absolute atomic E-state index is 12.2. The summed E-state index contributed by atoms with van der Waals surface area (Å²) in [5.41, 5.74) is 0.949. The van der Waals surface area contributed by atoms with Crippen LogP contribution in [0.25, 0.3) is 0 Å². The van der Waals surface area contributed by atoms with E-state index in [2.05, 4.69) is 6.58 Å². The van der Waals surface area contributed by atoms with Gasteiger partial charge in [-0.15, -0.1) is 6.58 Å². The summed E-state index contributed by atoms with van der Waals surface area (Å²) >= 11 is 0. The van der Waals surface area contributed by atoms with Gasteiger partial charge in [0.15, 0.2) is 0 Å². The molecule has 1 N–H and O–H groups in total. The first-order valence-corrected chi connectivity index (χ1v) is 6.04. The molecule has 0 aliphatic heterocycles. The smallest absolute Gasteiger partial charge is 0.326 e. The Morgan fingerprint density at radius 3 is 2.29 bits per heavy atom. The van der Waals surface area contributed by atoms with Crippen LogP contribution in [0, 0.1) is 5.92 Å². The Hall–Kier alpha value is -1.32. The molecule has 0 aromatic rings. The highest BCUT2D eigenvalue weighted by Gasteiger charge is 2.39. The lowest BCUT2D eigenvalue weighted by molar-refractivity contribution is -0.151. The second-order valence-electron chi connectivity index (χ2n) is 5.05. The molecular formula is C13H21NO3. The van der Waals surface area contributed by atoms with Crippen LogP contribution in [0.4, 0.5) is 0 Å². The van der Waals surface area contributed by atoms with Crippen molar-refractivity contribution in [2.45, 2.75) is 52.1 Å². The molecular weight excluding hydrogens is 218 g/mol. The summed E-state index contributed by atoms with van der Waals surface area (Å²) in [6.45, 7) is 9.08. The van der Waals surface area contributed by atoms with Crippen LogP contribution in [0.2, 0.25) is 0 Å². The van der Waals surface area contributed by atoms with E-state index < -0.39 is 12.0 Å². The molecule has 1 aliphatic rings. The van der Waals surface area contributed by atoms with Crippen molar-refractivity contribution in [3.05, 3.63) is 12.2 Å². The van der Waals surface area contributed by atoms with E-state index in [-0.39, 0.29) is 17.9 Å². The average Bonchev–Trinajstić information content (AvgIpc) is 3.00. The maximum Gasteiger partial charge on any atom is 0.326 e. The fourth-order valence-corrected chi connectivity index (χ4v) is 2.02. The Balaban J connectivity index is 2.73. The molecule has 0 heterocycles. The standard InChI is InChI=1S/C13H21NO3/c1-8(2)7-9(3)12(15)14(11-5-6-11)10(4)13(16)17/h9-11H,1,5-7H2,2-4H3,(H,16,17). The quantitative estimate of drug-likeness (QED) is 0.722. The van der Waals surface area contributed by atoms with Crippen molar-refractivity contribution < 1.29 is 14.7 Å². The molecule has 1 saturated carbocycles. The Kier molecular flexibility index (Phi) is 4.32. The van der Waals surface area contributed by atoms with E-state index >= 15 is 0 Å². The summed E-state index contributed by atoms with van der Waals surface area (Å²) < 4.78 is 0. The molecule has 1 aliphatic carbocycles. The molecule has 1 amide bonds. The van der Waals surface area contributed by atoms with Gasteiger partial charge in [0.2, 0.25) is 5.91 Å². The molecule has 0 spiro atoms. The molecule has 1 fully saturated rings. The molecule has 4 heteroatoms. The Morgan fingerprint density at radius 2 is 1.94 bits per heavy atom. The van der Waals surface area contributed by atoms with Crippen LogP contribution in [-0.4, -0.2) is 34.0 Å². The first kappa shape index (κ1) is 13.7. The second kappa shape index (κ2) is 5.34. The lowest BCUT2D eigenvalue weighted by atomic mass is 10.0. The number of carbonyl (C=O) groups excluding carboxylic acids is 1. The number of allylic oxidation sites excluding steroid dienone is 1. The summed E-state index contributed by atoms with van der Waals surface area (Å²) in [5.74, 6) is -1.19. The molecule has 0 bridgehead atoms. The van der Waals surface area contributed by atoms with Gasteiger partial charge in [0, 0.05) is 12.0 Å². The van der Waals surface area contributed by atoms with Crippen molar-refractivity contribution >= 4 is 11.9 Å². The highest BCUT2D eigenvalue weighted by molar-refractivity contribution is 5.85. The van der Waals surface area contributed by atoms with E-state index in [4.69, 9.17) is 5.11 Å². The van der Waals surface area contributed by atoms with Crippen molar-refractivity contribution in [1.29, 1.82) is 0 Å². The first-order valence-electron chi connectivity index (χ1n) is 6.04. The zero-order valence-corrected chi connectivity index (χ0v) is 10.8. The number of nitrogens with zero attached hydrogens (tertiary/aromatic N) is 1. The van der Waals surface area contributed by atoms with Crippen LogP contribution in [-0.2, 0) is 9.59 Å². The van der Waals surface area contributed by atoms with Gasteiger partial charge in [-0.2, -0.15) is 0 Å². The van der Waals surface area contributed by atoms with Gasteiger partial charge in [-0.3, -0.25) is 4.79 Å². The molecule has 0 saturated heterocycles. The van der Waals surface area contributed by atoms with E-state index in [9.17, 15) is 9.59 Å². The number of carbonyl (C=O) groups is 2. The first-order chi connectivity index (χ1) is 7.84. The van der Waals surface area contributed by atoms with Crippen molar-refractivity contribution in [2.75, 3.05) is 0 Å². The Bertz CT molecular complexity index is 334. The Labute approximate surface area is 102 Å². The number of amides is 1. The molecule has 0 radical (unpaired) electrons. The second-order valence-corrected chi connectivity index (χ2v) is 5.05. The van der Waals surface area contributed by atoms with E-state index in [1.165, 1.54) is 4.90 Å². The fourth-order valence-electron chi connectivity index (χ4n) is 2.02. The van der Waals surface area contributed by atoms with Gasteiger partial charge in [0.05, 0.1) is 0 Å². The van der Waals surface area contributed by atoms with Gasteiger partial charge in [0.25, 0.3) is 0 Å². The highest BCUT2D eigenvalue weighted by Crippen LogP contribution is 2.31. The van der Waals surface area contributed by atoms with Gasteiger partial charge in [-0.25, -0.2) is 4.79 Å². The van der Waals surface area contributed by atoms with Gasteiger partial charge in [-0.05, 0) is 33.1 Å². The number of hydrogen-bond donors (Lipinski definition) is 1. The number of carboxylic acid groups (broad SMARTS) is 1. The minimum atomic E-state index is -0.937. The van der Waals surface area contributed by atoms with Crippen molar-refractivity contribution in [3.8, 4) is 0 Å². The van der Waals surface area contributed by atoms with Crippen molar-refractivity contribution in [3.63, 3.8) is 0 Å². The third-order valence-electron chi connectivity index (χ3n) is 3.05. The van der Waals surface area contributed by atoms with Crippen LogP contribution in [0.15, 0.2) is 12.2 Å². The minimum absolute atomic E-state index is 0.0644. The zero-order chi connectivity index (χ0) is 13.2. The van der Waals surface area contributed by atoms with Crippen LogP contribution < -0.4 is 0 Å². The summed E-state index contributed by atoms with van der Waals surface area (Å²) in [6, 6.07) is -0.608. The zero-order valence-electron chi connectivity index (χ0n) is 10.8. The van der Waals surface area contributed by atoms with Crippen LogP contribution >= 0.6 is 0 Å². The molecule has 2 unspecified atom stereocenters. The predicted octanol–water partition coefficient (Wildman–Crippen LogP) is 2.05. The summed E-state index contributed by atoms with van der Waals surface area (Å²) in [5, 5.41) is 9.03. The molecule has 4 nitrogen and oxygen atoms in total. The topological polar surface area (TPSA) is 57.6 Å². The van der Waals surface area contributed by atoms with Crippen molar-refractivity contribution in [1.82, 2.24) is 4.90 Å². The van der Waals surface area contributed by atoms with E-state index in [1.54, 1.807) is 6.92 Å². The molecule has 0 aromatic heterocycles. The van der Waals surface area contributed by atoms with Gasteiger partial charge in [-0.1, -0.05) is 12.5 Å². The van der Waals surface area contributed by atoms with Crippen LogP contribution in [0.1, 0.15) is 40.0 Å². The lowest BCUT2D eigenvalue weighted by Gasteiger charge is -2.29. The summed E-state index contributed by atoms with van der Waals surface area (Å²) in [4.78, 5) is 24.8. The molecule has 0 aromatic carbocycles. The van der Waals surface area contributed by atoms with Gasteiger partial charge in [0.1, 0.15) is 6.04 Å². The average molecular weight is 239 g/mol. The van der Waals surface area contributed by atoms with E-state index in [1.807, 2.05) is 13.8 Å². The number of aliphatic carboxylic acids is 1. The Morgan fingerprint density at radius 1 is 1.41 bits per heavy atom. The molecule has 17 heavy (non-hydrogen) atoms. The predicted molar refractivity (Wildman–Crippen MR) is 65.6 cm³/mol. The minimum Gasteiger partial charge on any atom is -0.480 e. The fraction of sp³-hybridized carbons (Fsp3) is 0.692. The number of rotatable bonds is 6. The highest BCUT2D eigenvalue weighted by atomic mass is 16.4. The maximum atomic E-state index is 12.2. The SMILES string of the molecule is C=C(C)CC(C)C(=O)N(C1CC1)C(C)C(=O)O. The van der Waals surface area contributed by atoms with Gasteiger partial charge >= 0.3 is 5.97 Å². The monoisotopic (exact) mass is 239 g/mol. The van der Waals surface area contributed by atoms with Crippen LogP contribution in [0.3, 0.4) is 0 Å². The van der Waals surface area contributed by atoms with Crippen molar-refractivity contribution in [2.24, 2.45) is 5.92 Å². The van der Waals surface area contributed by atoms with Gasteiger partial charge < -0.3 is 10.0 Å². The van der Waals surface area contributed by atoms with E-state index in [0.29, 0.717) is 6.42 Å². The number of carboxylic acids is 1.